The maximum atomic E-state index is 14.0. The molecule has 3 aromatic carbocycles. The zero-order valence-electron chi connectivity index (χ0n) is 22.2. The molecule has 1 N–H and O–H groups in total. The number of halogens is 1. The first-order chi connectivity index (χ1) is 18.6. The Labute approximate surface area is 235 Å². The molecule has 0 aliphatic heterocycles. The zero-order chi connectivity index (χ0) is 28.0. The molecular weight excluding hydrogens is 534 g/mol. The molecule has 0 heterocycles. The van der Waals surface area contributed by atoms with Crippen LogP contribution in [-0.2, 0) is 26.2 Å². The van der Waals surface area contributed by atoms with Gasteiger partial charge in [0.25, 0.3) is 10.0 Å². The summed E-state index contributed by atoms with van der Waals surface area (Å²) in [6, 6.07) is 21.3. The summed E-state index contributed by atoms with van der Waals surface area (Å²) in [5.41, 5.74) is 2.14. The Morgan fingerprint density at radius 2 is 1.67 bits per heavy atom. The van der Waals surface area contributed by atoms with Crippen LogP contribution in [0.3, 0.4) is 0 Å². The Balaban J connectivity index is 1.68. The van der Waals surface area contributed by atoms with Crippen LogP contribution in [0, 0.1) is 6.92 Å². The topological polar surface area (TPSA) is 86.8 Å². The van der Waals surface area contributed by atoms with Gasteiger partial charge in [-0.2, -0.15) is 0 Å². The third-order valence-corrected chi connectivity index (χ3v) is 9.03. The summed E-state index contributed by atoms with van der Waals surface area (Å²) < 4.78 is 28.6. The van der Waals surface area contributed by atoms with Crippen molar-refractivity contribution in [2.24, 2.45) is 0 Å². The minimum absolute atomic E-state index is 0.0510. The molecule has 1 aliphatic rings. The van der Waals surface area contributed by atoms with Gasteiger partial charge >= 0.3 is 0 Å². The number of sulfonamides is 1. The number of aryl methyl sites for hydroxylation is 1. The van der Waals surface area contributed by atoms with Crippen LogP contribution >= 0.6 is 11.6 Å². The number of anilines is 1. The fraction of sp³-hybridized carbons (Fsp3) is 0.333. The van der Waals surface area contributed by atoms with E-state index in [1.165, 1.54) is 23.1 Å². The summed E-state index contributed by atoms with van der Waals surface area (Å²) in [5, 5.41) is 3.42. The number of carbonyl (C=O) groups excluding carboxylic acids is 2. The molecule has 4 rings (SSSR count). The molecule has 0 saturated heterocycles. The van der Waals surface area contributed by atoms with Crippen molar-refractivity contribution in [2.75, 3.05) is 10.8 Å². The minimum atomic E-state index is -4.12. The van der Waals surface area contributed by atoms with E-state index < -0.39 is 28.5 Å². The lowest BCUT2D eigenvalue weighted by Crippen LogP contribution is -2.52. The molecule has 0 aromatic heterocycles. The molecule has 39 heavy (non-hydrogen) atoms. The van der Waals surface area contributed by atoms with E-state index in [4.69, 9.17) is 11.6 Å². The lowest BCUT2D eigenvalue weighted by molar-refractivity contribution is -0.139. The smallest absolute Gasteiger partial charge is 0.264 e. The summed E-state index contributed by atoms with van der Waals surface area (Å²) in [5.74, 6) is -0.742. The second-order valence-electron chi connectivity index (χ2n) is 9.98. The minimum Gasteiger partial charge on any atom is -0.352 e. The molecule has 1 atom stereocenters. The fourth-order valence-corrected chi connectivity index (χ4v) is 6.47. The van der Waals surface area contributed by atoms with Gasteiger partial charge in [0.05, 0.1) is 10.6 Å². The van der Waals surface area contributed by atoms with Crippen LogP contribution in [0.15, 0.2) is 83.8 Å². The molecule has 1 fully saturated rings. The molecule has 1 unspecified atom stereocenters. The van der Waals surface area contributed by atoms with Crippen LogP contribution in [0.2, 0.25) is 5.02 Å². The van der Waals surface area contributed by atoms with E-state index in [-0.39, 0.29) is 29.1 Å². The first-order valence-corrected chi connectivity index (χ1v) is 15.0. The first-order valence-electron chi connectivity index (χ1n) is 13.1. The second-order valence-corrected chi connectivity index (χ2v) is 12.3. The molecule has 1 saturated carbocycles. The van der Waals surface area contributed by atoms with Crippen molar-refractivity contribution in [2.45, 2.75) is 63.1 Å². The molecule has 0 bridgehead atoms. The second kappa shape index (κ2) is 12.7. The quantitative estimate of drug-likeness (QED) is 0.359. The Bertz CT molecular complexity index is 1410. The third-order valence-electron chi connectivity index (χ3n) is 7.01. The van der Waals surface area contributed by atoms with Crippen molar-refractivity contribution in [3.63, 3.8) is 0 Å². The highest BCUT2D eigenvalue weighted by Gasteiger charge is 2.33. The lowest BCUT2D eigenvalue weighted by Gasteiger charge is -2.32. The zero-order valence-corrected chi connectivity index (χ0v) is 23.8. The SMILES string of the molecule is Cc1cccc(CN(C(=O)CN(c2cccc(Cl)c2)S(=O)(=O)c2ccccc2)C(C)C(=O)NC2CCCC2)c1. The van der Waals surface area contributed by atoms with Gasteiger partial charge in [-0.3, -0.25) is 13.9 Å². The van der Waals surface area contributed by atoms with Crippen LogP contribution in [0.25, 0.3) is 0 Å². The van der Waals surface area contributed by atoms with Gasteiger partial charge in [-0.1, -0.05) is 78.5 Å². The molecule has 206 valence electrons. The van der Waals surface area contributed by atoms with Gasteiger partial charge in [-0.05, 0) is 62.6 Å². The predicted octanol–water partition coefficient (Wildman–Crippen LogP) is 5.32. The summed E-state index contributed by atoms with van der Waals surface area (Å²) >= 11 is 6.21. The van der Waals surface area contributed by atoms with Crippen LogP contribution in [-0.4, -0.2) is 43.8 Å². The van der Waals surface area contributed by atoms with Crippen LogP contribution in [0.5, 0.6) is 0 Å². The van der Waals surface area contributed by atoms with E-state index in [0.29, 0.717) is 5.02 Å². The van der Waals surface area contributed by atoms with Crippen molar-refractivity contribution in [1.29, 1.82) is 0 Å². The molecule has 2 amide bonds. The molecule has 1 aliphatic carbocycles. The Morgan fingerprint density at radius 1 is 0.974 bits per heavy atom. The van der Waals surface area contributed by atoms with Gasteiger partial charge in [0.2, 0.25) is 11.8 Å². The van der Waals surface area contributed by atoms with E-state index in [1.54, 1.807) is 43.3 Å². The average molecular weight is 568 g/mol. The monoisotopic (exact) mass is 567 g/mol. The number of benzene rings is 3. The molecule has 3 aromatic rings. The number of hydrogen-bond acceptors (Lipinski definition) is 4. The number of nitrogens with zero attached hydrogens (tertiary/aromatic N) is 2. The highest BCUT2D eigenvalue weighted by Crippen LogP contribution is 2.27. The normalized spacial score (nSPS) is 14.5. The van der Waals surface area contributed by atoms with E-state index >= 15 is 0 Å². The van der Waals surface area contributed by atoms with E-state index in [2.05, 4.69) is 5.32 Å². The van der Waals surface area contributed by atoms with Gasteiger partial charge in [-0.25, -0.2) is 8.42 Å². The number of amides is 2. The molecule has 0 radical (unpaired) electrons. The van der Waals surface area contributed by atoms with Crippen molar-refractivity contribution in [3.05, 3.63) is 95.0 Å². The van der Waals surface area contributed by atoms with E-state index in [0.717, 1.165) is 41.1 Å². The van der Waals surface area contributed by atoms with E-state index in [9.17, 15) is 18.0 Å². The Kier molecular flexibility index (Phi) is 9.30. The van der Waals surface area contributed by atoms with E-state index in [1.807, 2.05) is 31.2 Å². The maximum Gasteiger partial charge on any atom is 0.264 e. The summed E-state index contributed by atoms with van der Waals surface area (Å²) in [4.78, 5) is 28.7. The van der Waals surface area contributed by atoms with Gasteiger partial charge in [-0.15, -0.1) is 0 Å². The largest absolute Gasteiger partial charge is 0.352 e. The number of nitrogens with one attached hydrogen (secondary N) is 1. The number of hydrogen-bond donors (Lipinski definition) is 1. The lowest BCUT2D eigenvalue weighted by atomic mass is 10.1. The van der Waals surface area contributed by atoms with Crippen molar-refractivity contribution >= 4 is 39.1 Å². The molecular formula is C30H34ClN3O4S. The third kappa shape index (κ3) is 7.19. The highest BCUT2D eigenvalue weighted by atomic mass is 35.5. The predicted molar refractivity (Wildman–Crippen MR) is 154 cm³/mol. The summed E-state index contributed by atoms with van der Waals surface area (Å²) in [7, 11) is -4.12. The molecule has 0 spiro atoms. The van der Waals surface area contributed by atoms with Crippen molar-refractivity contribution in [1.82, 2.24) is 10.2 Å². The number of carbonyl (C=O) groups is 2. The average Bonchev–Trinajstić information content (AvgIpc) is 3.43. The Hall–Kier alpha value is -3.36. The molecule has 9 heteroatoms. The van der Waals surface area contributed by atoms with Crippen LogP contribution < -0.4 is 9.62 Å². The molecule has 7 nitrogen and oxygen atoms in total. The fourth-order valence-electron chi connectivity index (χ4n) is 4.86. The highest BCUT2D eigenvalue weighted by molar-refractivity contribution is 7.92. The first kappa shape index (κ1) is 28.6. The van der Waals surface area contributed by atoms with Gasteiger partial charge < -0.3 is 10.2 Å². The maximum absolute atomic E-state index is 14.0. The standard InChI is InChI=1S/C30H34ClN3O4S/c1-22-10-8-11-24(18-22)20-33(23(2)30(36)32-26-13-6-7-14-26)29(35)21-34(27-15-9-12-25(31)19-27)39(37,38)28-16-4-3-5-17-28/h3-5,8-12,15-19,23,26H,6-7,13-14,20-21H2,1-2H3,(H,32,36). The van der Waals surface area contributed by atoms with Crippen molar-refractivity contribution in [3.8, 4) is 0 Å². The van der Waals surface area contributed by atoms with Crippen molar-refractivity contribution < 1.29 is 18.0 Å². The Morgan fingerprint density at radius 3 is 2.33 bits per heavy atom. The van der Waals surface area contributed by atoms with Crippen LogP contribution in [0.4, 0.5) is 5.69 Å². The van der Waals surface area contributed by atoms with Gasteiger partial charge in [0.1, 0.15) is 12.6 Å². The van der Waals surface area contributed by atoms with Gasteiger partial charge in [0.15, 0.2) is 0 Å². The number of rotatable bonds is 10. The van der Waals surface area contributed by atoms with Crippen LogP contribution in [0.1, 0.15) is 43.7 Å². The van der Waals surface area contributed by atoms with Gasteiger partial charge in [0, 0.05) is 17.6 Å². The summed E-state index contributed by atoms with van der Waals surface area (Å²) in [6.45, 7) is 3.31. The summed E-state index contributed by atoms with van der Waals surface area (Å²) in [6.07, 6.45) is 3.97.